The number of aromatic nitrogens is 1. The molecule has 1 aromatic heterocycles. The molecule has 5 rings (SSSR count). The number of phenols is 1. The van der Waals surface area contributed by atoms with E-state index in [0.717, 1.165) is 40.7 Å². The Labute approximate surface area is 210 Å². The zero-order valence-electron chi connectivity index (χ0n) is 21.2. The number of benzene rings is 2. The van der Waals surface area contributed by atoms with Crippen LogP contribution in [-0.4, -0.2) is 47.2 Å². The van der Waals surface area contributed by atoms with Crippen molar-refractivity contribution >= 4 is 28.4 Å². The monoisotopic (exact) mass is 489 g/mol. The number of carbonyl (C=O) groups is 2. The molecule has 0 unspecified atom stereocenters. The fourth-order valence-electron chi connectivity index (χ4n) is 5.28. The van der Waals surface area contributed by atoms with E-state index < -0.39 is 5.92 Å². The molecule has 0 aliphatic carbocycles. The lowest BCUT2D eigenvalue weighted by molar-refractivity contribution is -0.139. The van der Waals surface area contributed by atoms with Crippen LogP contribution in [0.4, 0.5) is 5.69 Å². The summed E-state index contributed by atoms with van der Waals surface area (Å²) in [5.74, 6) is -0.189. The van der Waals surface area contributed by atoms with Gasteiger partial charge in [0.25, 0.3) is 5.91 Å². The highest BCUT2D eigenvalue weighted by Gasteiger charge is 2.42. The highest BCUT2D eigenvalue weighted by Crippen LogP contribution is 2.49. The summed E-state index contributed by atoms with van der Waals surface area (Å²) in [4.78, 5) is 27.3. The maximum atomic E-state index is 13.7. The SMILES string of the molecule is COc1cc([C@H]2C3=C(CN(C(C)=O)C3=O)Nc3cccc4c3c2cn4CCC(C)C)cc(OC)c1O. The Bertz CT molecular complexity index is 1390. The molecule has 0 spiro atoms. The molecule has 0 radical (unpaired) electrons. The first-order valence-corrected chi connectivity index (χ1v) is 12.1. The molecular weight excluding hydrogens is 458 g/mol. The highest BCUT2D eigenvalue weighted by atomic mass is 16.5. The number of rotatable bonds is 6. The fourth-order valence-corrected chi connectivity index (χ4v) is 5.28. The van der Waals surface area contributed by atoms with Crippen molar-refractivity contribution in [3.63, 3.8) is 0 Å². The van der Waals surface area contributed by atoms with E-state index in [1.807, 2.05) is 12.1 Å². The van der Waals surface area contributed by atoms with Gasteiger partial charge in [0, 0.05) is 42.4 Å². The maximum absolute atomic E-state index is 13.7. The Balaban J connectivity index is 1.79. The minimum atomic E-state index is -0.501. The van der Waals surface area contributed by atoms with Crippen molar-refractivity contribution in [2.75, 3.05) is 26.1 Å². The van der Waals surface area contributed by atoms with Gasteiger partial charge in [-0.2, -0.15) is 0 Å². The van der Waals surface area contributed by atoms with Gasteiger partial charge >= 0.3 is 0 Å². The topological polar surface area (TPSA) is 93.0 Å². The summed E-state index contributed by atoms with van der Waals surface area (Å²) in [6, 6.07) is 9.58. The van der Waals surface area contributed by atoms with E-state index in [-0.39, 0.29) is 35.6 Å². The number of carbonyl (C=O) groups excluding carboxylic acids is 2. The van der Waals surface area contributed by atoms with Gasteiger partial charge in [0.05, 0.1) is 31.9 Å². The molecule has 2 aliphatic heterocycles. The molecule has 2 N–H and O–H groups in total. The fraction of sp³-hybridized carbons (Fsp3) is 0.357. The second kappa shape index (κ2) is 8.93. The van der Waals surface area contributed by atoms with Gasteiger partial charge in [0.1, 0.15) is 0 Å². The van der Waals surface area contributed by atoms with Crippen LogP contribution in [0.1, 0.15) is 44.2 Å². The number of aryl methyl sites for hydroxylation is 1. The van der Waals surface area contributed by atoms with Gasteiger partial charge in [0.2, 0.25) is 11.7 Å². The van der Waals surface area contributed by atoms with Crippen molar-refractivity contribution in [3.05, 3.63) is 58.9 Å². The van der Waals surface area contributed by atoms with E-state index in [9.17, 15) is 14.7 Å². The first-order chi connectivity index (χ1) is 17.2. The first kappa shape index (κ1) is 23.8. The molecule has 3 aromatic rings. The van der Waals surface area contributed by atoms with E-state index in [1.165, 1.54) is 26.0 Å². The second-order valence-electron chi connectivity index (χ2n) is 9.79. The summed E-state index contributed by atoms with van der Waals surface area (Å²) in [6.07, 6.45) is 3.13. The molecule has 8 nitrogen and oxygen atoms in total. The first-order valence-electron chi connectivity index (χ1n) is 12.1. The Morgan fingerprint density at radius 1 is 1.19 bits per heavy atom. The summed E-state index contributed by atoms with van der Waals surface area (Å²) < 4.78 is 13.1. The number of phenolic OH excluding ortho intramolecular Hbond substituents is 1. The molecule has 188 valence electrons. The van der Waals surface area contributed by atoms with E-state index in [0.29, 0.717) is 17.2 Å². The Morgan fingerprint density at radius 3 is 2.50 bits per heavy atom. The van der Waals surface area contributed by atoms with E-state index in [2.05, 4.69) is 36.0 Å². The van der Waals surface area contributed by atoms with Crippen LogP contribution in [0, 0.1) is 5.92 Å². The number of aromatic hydroxyl groups is 1. The number of ether oxygens (including phenoxy) is 2. The standard InChI is InChI=1S/C28H31N3O5/c1-15(2)9-10-30-13-18-24(17-11-22(35-4)27(33)23(12-17)36-5)26-20(14-31(16(3)32)28(26)34)29-19-7-6-8-21(30)25(18)19/h6-8,11-13,15,24,29,33H,9-10,14H2,1-5H3/t24-/m1/s1. The number of amides is 2. The minimum Gasteiger partial charge on any atom is -0.502 e. The van der Waals surface area contributed by atoms with Gasteiger partial charge in [-0.05, 0) is 47.7 Å². The molecule has 0 fully saturated rings. The van der Waals surface area contributed by atoms with Crippen LogP contribution in [0.3, 0.4) is 0 Å². The average Bonchev–Trinajstić information content (AvgIpc) is 3.33. The normalized spacial score (nSPS) is 16.9. The Morgan fingerprint density at radius 2 is 1.89 bits per heavy atom. The van der Waals surface area contributed by atoms with Crippen LogP contribution in [-0.2, 0) is 16.1 Å². The summed E-state index contributed by atoms with van der Waals surface area (Å²) in [5, 5.41) is 15.1. The van der Waals surface area contributed by atoms with Gasteiger partial charge in [-0.15, -0.1) is 0 Å². The minimum absolute atomic E-state index is 0.104. The third-order valence-electron chi connectivity index (χ3n) is 7.10. The van der Waals surface area contributed by atoms with Crippen molar-refractivity contribution < 1.29 is 24.2 Å². The Kier molecular flexibility index (Phi) is 5.90. The predicted octanol–water partition coefficient (Wildman–Crippen LogP) is 4.61. The lowest BCUT2D eigenvalue weighted by Crippen LogP contribution is -2.33. The molecule has 0 saturated heterocycles. The molecule has 3 heterocycles. The van der Waals surface area contributed by atoms with Gasteiger partial charge in [-0.1, -0.05) is 19.9 Å². The maximum Gasteiger partial charge on any atom is 0.259 e. The summed E-state index contributed by atoms with van der Waals surface area (Å²) >= 11 is 0. The number of nitrogens with one attached hydrogen (secondary N) is 1. The molecular formula is C28H31N3O5. The number of imide groups is 1. The highest BCUT2D eigenvalue weighted by molar-refractivity contribution is 6.11. The van der Waals surface area contributed by atoms with Crippen LogP contribution >= 0.6 is 0 Å². The molecule has 2 amide bonds. The number of hydrogen-bond donors (Lipinski definition) is 2. The lowest BCUT2D eigenvalue weighted by atomic mass is 9.84. The van der Waals surface area contributed by atoms with Gasteiger partial charge in [-0.25, -0.2) is 0 Å². The van der Waals surface area contributed by atoms with Gasteiger partial charge in [0.15, 0.2) is 11.5 Å². The third kappa shape index (κ3) is 3.68. The summed E-state index contributed by atoms with van der Waals surface area (Å²) in [5.41, 5.74) is 4.87. The average molecular weight is 490 g/mol. The van der Waals surface area contributed by atoms with Crippen molar-refractivity contribution in [1.29, 1.82) is 0 Å². The van der Waals surface area contributed by atoms with Crippen LogP contribution in [0.5, 0.6) is 17.2 Å². The van der Waals surface area contributed by atoms with E-state index in [4.69, 9.17) is 9.47 Å². The molecule has 2 aromatic carbocycles. The molecule has 2 aliphatic rings. The van der Waals surface area contributed by atoms with Crippen molar-refractivity contribution in [3.8, 4) is 17.2 Å². The largest absolute Gasteiger partial charge is 0.502 e. The predicted molar refractivity (Wildman–Crippen MR) is 137 cm³/mol. The van der Waals surface area contributed by atoms with Crippen molar-refractivity contribution in [2.24, 2.45) is 5.92 Å². The molecule has 0 saturated carbocycles. The zero-order valence-corrected chi connectivity index (χ0v) is 21.2. The summed E-state index contributed by atoms with van der Waals surface area (Å²) in [6.45, 7) is 6.82. The number of hydrogen-bond acceptors (Lipinski definition) is 6. The van der Waals surface area contributed by atoms with Crippen LogP contribution < -0.4 is 14.8 Å². The van der Waals surface area contributed by atoms with Crippen LogP contribution in [0.15, 0.2) is 47.8 Å². The van der Waals surface area contributed by atoms with Gasteiger partial charge < -0.3 is 24.5 Å². The van der Waals surface area contributed by atoms with E-state index >= 15 is 0 Å². The lowest BCUT2D eigenvalue weighted by Gasteiger charge is -2.21. The number of methoxy groups -OCH3 is 2. The third-order valence-corrected chi connectivity index (χ3v) is 7.10. The zero-order chi connectivity index (χ0) is 25.7. The summed E-state index contributed by atoms with van der Waals surface area (Å²) in [7, 11) is 2.96. The number of nitrogens with zero attached hydrogens (tertiary/aromatic N) is 2. The Hall–Kier alpha value is -3.94. The molecule has 36 heavy (non-hydrogen) atoms. The van der Waals surface area contributed by atoms with E-state index in [1.54, 1.807) is 12.1 Å². The van der Waals surface area contributed by atoms with Gasteiger partial charge in [-0.3, -0.25) is 14.5 Å². The molecule has 8 heteroatoms. The van der Waals surface area contributed by atoms with Crippen molar-refractivity contribution in [2.45, 2.75) is 39.7 Å². The second-order valence-corrected chi connectivity index (χ2v) is 9.79. The van der Waals surface area contributed by atoms with Crippen LogP contribution in [0.25, 0.3) is 10.9 Å². The number of anilines is 1. The van der Waals surface area contributed by atoms with Crippen molar-refractivity contribution in [1.82, 2.24) is 9.47 Å². The smallest absolute Gasteiger partial charge is 0.259 e. The van der Waals surface area contributed by atoms with Crippen LogP contribution in [0.2, 0.25) is 0 Å². The quantitative estimate of drug-likeness (QED) is 0.525. The molecule has 1 atom stereocenters. The molecule has 0 bridgehead atoms.